The average Bonchev–Trinajstić information content (AvgIpc) is 2.81. The van der Waals surface area contributed by atoms with Crippen LogP contribution in [0.4, 0.5) is 11.5 Å². The first kappa shape index (κ1) is 19.7. The number of benzene rings is 2. The second-order valence-electron chi connectivity index (χ2n) is 7.67. The van der Waals surface area contributed by atoms with Gasteiger partial charge < -0.3 is 10.2 Å². The lowest BCUT2D eigenvalue weighted by molar-refractivity contribution is 0.102. The Morgan fingerprint density at radius 1 is 1.03 bits per heavy atom. The Bertz CT molecular complexity index is 1020. The molecule has 0 aliphatic carbocycles. The zero-order valence-electron chi connectivity index (χ0n) is 16.8. The normalized spacial score (nSPS) is 14.2. The van der Waals surface area contributed by atoms with Crippen molar-refractivity contribution in [3.8, 4) is 6.07 Å². The molecule has 1 amide bonds. The van der Waals surface area contributed by atoms with Crippen LogP contribution in [-0.4, -0.2) is 24.0 Å². The SMILES string of the molecule is N#Cc1ccc(NC(=O)c2ccc(N3CCC(Cc4ccccc4)CC3)nc2)cc1. The molecule has 150 valence electrons. The number of hydrogen-bond donors (Lipinski definition) is 1. The van der Waals surface area contributed by atoms with Crippen LogP contribution in [0.2, 0.25) is 0 Å². The van der Waals surface area contributed by atoms with Crippen LogP contribution in [0.3, 0.4) is 0 Å². The van der Waals surface area contributed by atoms with Crippen LogP contribution < -0.4 is 10.2 Å². The van der Waals surface area contributed by atoms with Crippen molar-refractivity contribution in [1.82, 2.24) is 4.98 Å². The van der Waals surface area contributed by atoms with Crippen molar-refractivity contribution in [3.63, 3.8) is 0 Å². The minimum absolute atomic E-state index is 0.208. The summed E-state index contributed by atoms with van der Waals surface area (Å²) in [7, 11) is 0. The number of pyridine rings is 1. The summed E-state index contributed by atoms with van der Waals surface area (Å²) in [5.41, 5.74) is 3.14. The Kier molecular flexibility index (Phi) is 6.05. The average molecular weight is 396 g/mol. The zero-order valence-corrected chi connectivity index (χ0v) is 16.8. The quantitative estimate of drug-likeness (QED) is 0.681. The van der Waals surface area contributed by atoms with Gasteiger partial charge in [0, 0.05) is 25.0 Å². The van der Waals surface area contributed by atoms with Gasteiger partial charge in [-0.3, -0.25) is 4.79 Å². The number of anilines is 2. The van der Waals surface area contributed by atoms with Gasteiger partial charge >= 0.3 is 0 Å². The lowest BCUT2D eigenvalue weighted by Crippen LogP contribution is -2.34. The summed E-state index contributed by atoms with van der Waals surface area (Å²) in [6, 6.07) is 23.3. The molecule has 1 aliphatic heterocycles. The number of aromatic nitrogens is 1. The molecule has 2 aromatic carbocycles. The predicted octanol–water partition coefficient (Wildman–Crippen LogP) is 4.66. The Labute approximate surface area is 177 Å². The maximum atomic E-state index is 12.4. The number of nitrogens with zero attached hydrogens (tertiary/aromatic N) is 3. The number of hydrogen-bond acceptors (Lipinski definition) is 4. The molecule has 1 saturated heterocycles. The van der Waals surface area contributed by atoms with E-state index >= 15 is 0 Å². The van der Waals surface area contributed by atoms with Crippen LogP contribution in [0.25, 0.3) is 0 Å². The van der Waals surface area contributed by atoms with Crippen molar-refractivity contribution in [2.45, 2.75) is 19.3 Å². The summed E-state index contributed by atoms with van der Waals surface area (Å²) in [6.07, 6.45) is 5.07. The maximum absolute atomic E-state index is 12.4. The third kappa shape index (κ3) is 4.84. The fraction of sp³-hybridized carbons (Fsp3) is 0.240. The maximum Gasteiger partial charge on any atom is 0.257 e. The highest BCUT2D eigenvalue weighted by atomic mass is 16.1. The van der Waals surface area contributed by atoms with Gasteiger partial charge in [-0.1, -0.05) is 30.3 Å². The molecule has 0 spiro atoms. The Balaban J connectivity index is 1.31. The van der Waals surface area contributed by atoms with Gasteiger partial charge in [0.2, 0.25) is 0 Å². The summed E-state index contributed by atoms with van der Waals surface area (Å²) in [6.45, 7) is 1.97. The Hall–Kier alpha value is -3.65. The first-order valence-corrected chi connectivity index (χ1v) is 10.3. The summed E-state index contributed by atoms with van der Waals surface area (Å²) in [4.78, 5) is 19.3. The van der Waals surface area contributed by atoms with Crippen LogP contribution in [0.15, 0.2) is 72.9 Å². The number of carbonyl (C=O) groups excluding carboxylic acids is 1. The van der Waals surface area contributed by atoms with E-state index < -0.39 is 0 Å². The fourth-order valence-corrected chi connectivity index (χ4v) is 3.85. The molecule has 0 saturated carbocycles. The third-order valence-corrected chi connectivity index (χ3v) is 5.59. The van der Waals surface area contributed by atoms with Crippen molar-refractivity contribution in [3.05, 3.63) is 89.6 Å². The van der Waals surface area contributed by atoms with Crippen LogP contribution >= 0.6 is 0 Å². The molecule has 0 unspecified atom stereocenters. The number of piperidine rings is 1. The molecule has 30 heavy (non-hydrogen) atoms. The second-order valence-corrected chi connectivity index (χ2v) is 7.67. The van der Waals surface area contributed by atoms with E-state index in [0.717, 1.165) is 38.2 Å². The van der Waals surface area contributed by atoms with Gasteiger partial charge in [0.1, 0.15) is 5.82 Å². The molecule has 1 aliphatic rings. The highest BCUT2D eigenvalue weighted by Gasteiger charge is 2.20. The van der Waals surface area contributed by atoms with Gasteiger partial charge in [-0.2, -0.15) is 5.26 Å². The molecule has 0 bridgehead atoms. The molecule has 1 fully saturated rings. The summed E-state index contributed by atoms with van der Waals surface area (Å²) >= 11 is 0. The Morgan fingerprint density at radius 3 is 2.40 bits per heavy atom. The molecule has 0 atom stereocenters. The summed E-state index contributed by atoms with van der Waals surface area (Å²) in [5.74, 6) is 1.42. The van der Waals surface area contributed by atoms with Gasteiger partial charge in [-0.15, -0.1) is 0 Å². The van der Waals surface area contributed by atoms with Gasteiger partial charge in [0.25, 0.3) is 5.91 Å². The molecule has 5 nitrogen and oxygen atoms in total. The highest BCUT2D eigenvalue weighted by molar-refractivity contribution is 6.04. The monoisotopic (exact) mass is 396 g/mol. The van der Waals surface area contributed by atoms with E-state index in [1.54, 1.807) is 30.5 Å². The molecular formula is C25H24N4O. The van der Waals surface area contributed by atoms with Crippen molar-refractivity contribution in [2.75, 3.05) is 23.3 Å². The van der Waals surface area contributed by atoms with Crippen molar-refractivity contribution in [1.29, 1.82) is 5.26 Å². The number of nitrogens with one attached hydrogen (secondary N) is 1. The van der Waals surface area contributed by atoms with Crippen LogP contribution in [0, 0.1) is 17.2 Å². The van der Waals surface area contributed by atoms with Gasteiger partial charge in [-0.25, -0.2) is 4.98 Å². The predicted molar refractivity (Wildman–Crippen MR) is 118 cm³/mol. The highest BCUT2D eigenvalue weighted by Crippen LogP contribution is 2.25. The van der Waals surface area contributed by atoms with Crippen LogP contribution in [0.5, 0.6) is 0 Å². The van der Waals surface area contributed by atoms with Crippen molar-refractivity contribution >= 4 is 17.4 Å². The first-order chi connectivity index (χ1) is 14.7. The third-order valence-electron chi connectivity index (χ3n) is 5.59. The summed E-state index contributed by atoms with van der Waals surface area (Å²) in [5, 5.41) is 11.7. The largest absolute Gasteiger partial charge is 0.357 e. The fourth-order valence-electron chi connectivity index (χ4n) is 3.85. The van der Waals surface area contributed by atoms with Gasteiger partial charge in [0.15, 0.2) is 0 Å². The summed E-state index contributed by atoms with van der Waals surface area (Å²) < 4.78 is 0. The van der Waals surface area contributed by atoms with E-state index in [0.29, 0.717) is 22.7 Å². The van der Waals surface area contributed by atoms with E-state index in [-0.39, 0.29) is 5.91 Å². The molecule has 1 N–H and O–H groups in total. The number of rotatable bonds is 5. The van der Waals surface area contributed by atoms with E-state index in [1.807, 2.05) is 12.1 Å². The zero-order chi connectivity index (χ0) is 20.8. The van der Waals surface area contributed by atoms with E-state index in [4.69, 9.17) is 5.26 Å². The molecular weight excluding hydrogens is 372 g/mol. The van der Waals surface area contributed by atoms with Crippen molar-refractivity contribution < 1.29 is 4.79 Å². The molecule has 1 aromatic heterocycles. The van der Waals surface area contributed by atoms with Gasteiger partial charge in [-0.05, 0) is 67.1 Å². The number of amides is 1. The Morgan fingerprint density at radius 2 is 1.77 bits per heavy atom. The lowest BCUT2D eigenvalue weighted by Gasteiger charge is -2.33. The molecule has 5 heteroatoms. The van der Waals surface area contributed by atoms with E-state index in [2.05, 4.69) is 51.6 Å². The molecule has 0 radical (unpaired) electrons. The van der Waals surface area contributed by atoms with Crippen LogP contribution in [0.1, 0.15) is 34.3 Å². The lowest BCUT2D eigenvalue weighted by atomic mass is 9.90. The number of carbonyl (C=O) groups is 1. The van der Waals surface area contributed by atoms with Gasteiger partial charge in [0.05, 0.1) is 17.2 Å². The molecule has 3 aromatic rings. The van der Waals surface area contributed by atoms with E-state index in [1.165, 1.54) is 5.56 Å². The first-order valence-electron chi connectivity index (χ1n) is 10.3. The van der Waals surface area contributed by atoms with Crippen LogP contribution in [-0.2, 0) is 6.42 Å². The second kappa shape index (κ2) is 9.23. The topological polar surface area (TPSA) is 69.0 Å². The van der Waals surface area contributed by atoms with Crippen molar-refractivity contribution in [2.24, 2.45) is 5.92 Å². The number of nitriles is 1. The van der Waals surface area contributed by atoms with E-state index in [9.17, 15) is 4.79 Å². The smallest absolute Gasteiger partial charge is 0.257 e. The molecule has 2 heterocycles. The minimum Gasteiger partial charge on any atom is -0.357 e. The standard InChI is InChI=1S/C25H24N4O/c26-17-21-6-9-23(10-7-21)28-25(30)22-8-11-24(27-18-22)29-14-12-20(13-15-29)16-19-4-2-1-3-5-19/h1-11,18,20H,12-16H2,(H,28,30). The molecule has 4 rings (SSSR count). The minimum atomic E-state index is -0.208.